The number of alkyl halides is 1. The van der Waals surface area contributed by atoms with Crippen molar-refractivity contribution in [2.75, 3.05) is 11.5 Å². The molecule has 1 aliphatic heterocycles. The summed E-state index contributed by atoms with van der Waals surface area (Å²) in [5, 5.41) is 0. The summed E-state index contributed by atoms with van der Waals surface area (Å²) >= 11 is 0. The van der Waals surface area contributed by atoms with Gasteiger partial charge >= 0.3 is 0 Å². The Bertz CT molecular complexity index is 395. The second-order valence-corrected chi connectivity index (χ2v) is 8.64. The molecule has 92 valence electrons. The lowest BCUT2D eigenvalue weighted by atomic mass is 9.71. The summed E-state index contributed by atoms with van der Waals surface area (Å²) in [4.78, 5) is 0. The number of rotatable bonds is 1. The SMILES string of the molecule is CC1(F)CCC2(CC1)CS(=O)(=NC1CC1)C2. The monoisotopic (exact) mass is 245 g/mol. The lowest BCUT2D eigenvalue weighted by Gasteiger charge is -2.49. The number of hydrogen-bond donors (Lipinski definition) is 0. The van der Waals surface area contributed by atoms with Gasteiger partial charge < -0.3 is 0 Å². The average Bonchev–Trinajstić information content (AvgIpc) is 2.91. The van der Waals surface area contributed by atoms with Crippen molar-refractivity contribution in [3.63, 3.8) is 0 Å². The Hall–Kier alpha value is -0.120. The van der Waals surface area contributed by atoms with Gasteiger partial charge in [0.15, 0.2) is 0 Å². The molecule has 1 saturated heterocycles. The largest absolute Gasteiger partial charge is 0.250 e. The van der Waals surface area contributed by atoms with Crippen molar-refractivity contribution >= 4 is 9.73 Å². The van der Waals surface area contributed by atoms with Crippen LogP contribution >= 0.6 is 0 Å². The van der Waals surface area contributed by atoms with Gasteiger partial charge in [-0.1, -0.05) is 0 Å². The van der Waals surface area contributed by atoms with Gasteiger partial charge in [0.2, 0.25) is 0 Å². The minimum absolute atomic E-state index is 0.196. The molecule has 0 N–H and O–H groups in total. The molecule has 0 unspecified atom stereocenters. The van der Waals surface area contributed by atoms with Crippen LogP contribution in [0.4, 0.5) is 4.39 Å². The first-order valence-electron chi connectivity index (χ1n) is 6.31. The van der Waals surface area contributed by atoms with Crippen molar-refractivity contribution in [3.8, 4) is 0 Å². The van der Waals surface area contributed by atoms with E-state index in [4.69, 9.17) is 0 Å². The molecule has 0 amide bonds. The molecule has 0 bridgehead atoms. The predicted octanol–water partition coefficient (Wildman–Crippen LogP) is 2.92. The molecule has 2 aliphatic carbocycles. The van der Waals surface area contributed by atoms with E-state index < -0.39 is 15.4 Å². The highest BCUT2D eigenvalue weighted by Gasteiger charge is 2.51. The zero-order chi connectivity index (χ0) is 11.4. The Morgan fingerprint density at radius 1 is 1.19 bits per heavy atom. The van der Waals surface area contributed by atoms with E-state index in [0.29, 0.717) is 18.9 Å². The average molecular weight is 245 g/mol. The van der Waals surface area contributed by atoms with Gasteiger partial charge in [-0.2, -0.15) is 0 Å². The van der Waals surface area contributed by atoms with E-state index in [2.05, 4.69) is 4.36 Å². The first-order chi connectivity index (χ1) is 7.41. The number of halogens is 1. The molecule has 0 aromatic carbocycles. The summed E-state index contributed by atoms with van der Waals surface area (Å²) in [6.45, 7) is 1.70. The molecule has 16 heavy (non-hydrogen) atoms. The third-order valence-electron chi connectivity index (χ3n) is 4.30. The van der Waals surface area contributed by atoms with Crippen LogP contribution in [0, 0.1) is 5.41 Å². The second-order valence-electron chi connectivity index (χ2n) is 6.31. The van der Waals surface area contributed by atoms with Gasteiger partial charge in [0.05, 0.1) is 6.04 Å². The standard InChI is InChI=1S/C12H20FNOS/c1-11(13)4-6-12(7-5-11)8-16(15,9-12)14-10-2-3-10/h10H,2-9H2,1H3. The highest BCUT2D eigenvalue weighted by molar-refractivity contribution is 7.95. The van der Waals surface area contributed by atoms with Gasteiger partial charge in [-0.05, 0) is 50.9 Å². The van der Waals surface area contributed by atoms with Crippen LogP contribution in [-0.4, -0.2) is 27.4 Å². The van der Waals surface area contributed by atoms with Crippen molar-refractivity contribution in [1.29, 1.82) is 0 Å². The lowest BCUT2D eigenvalue weighted by Crippen LogP contribution is -2.52. The van der Waals surface area contributed by atoms with Crippen LogP contribution in [0.1, 0.15) is 45.4 Å². The Balaban J connectivity index is 1.66. The highest BCUT2D eigenvalue weighted by Crippen LogP contribution is 2.50. The van der Waals surface area contributed by atoms with E-state index >= 15 is 0 Å². The minimum Gasteiger partial charge on any atom is -0.250 e. The van der Waals surface area contributed by atoms with Crippen molar-refractivity contribution in [1.82, 2.24) is 0 Å². The van der Waals surface area contributed by atoms with Crippen LogP contribution in [0.25, 0.3) is 0 Å². The summed E-state index contributed by atoms with van der Waals surface area (Å²) in [6, 6.07) is 0.403. The minimum atomic E-state index is -1.87. The molecule has 4 heteroatoms. The lowest BCUT2D eigenvalue weighted by molar-refractivity contribution is 0.0679. The van der Waals surface area contributed by atoms with Gasteiger partial charge in [-0.25, -0.2) is 13.0 Å². The van der Waals surface area contributed by atoms with Crippen LogP contribution in [-0.2, 0) is 9.73 Å². The number of nitrogens with zero attached hydrogens (tertiary/aromatic N) is 1. The fourth-order valence-corrected chi connectivity index (χ4v) is 6.34. The van der Waals surface area contributed by atoms with Crippen LogP contribution in [0.3, 0.4) is 0 Å². The summed E-state index contributed by atoms with van der Waals surface area (Å²) in [5.41, 5.74) is -0.781. The molecule has 2 saturated carbocycles. The molecule has 0 radical (unpaired) electrons. The zero-order valence-electron chi connectivity index (χ0n) is 9.88. The summed E-state index contributed by atoms with van der Waals surface area (Å²) in [7, 11) is -1.87. The fraction of sp³-hybridized carbons (Fsp3) is 1.00. The molecular formula is C12H20FNOS. The van der Waals surface area contributed by atoms with E-state index in [1.54, 1.807) is 6.92 Å². The molecule has 0 aromatic rings. The van der Waals surface area contributed by atoms with Crippen LogP contribution in [0.2, 0.25) is 0 Å². The van der Waals surface area contributed by atoms with Crippen LogP contribution in [0.5, 0.6) is 0 Å². The normalized spacial score (nSPS) is 52.4. The van der Waals surface area contributed by atoms with Crippen molar-refractivity contribution < 1.29 is 8.60 Å². The second kappa shape index (κ2) is 3.21. The maximum atomic E-state index is 13.7. The van der Waals surface area contributed by atoms with Crippen molar-refractivity contribution in [2.45, 2.75) is 57.2 Å². The molecule has 0 aromatic heterocycles. The Labute approximate surface area is 97.2 Å². The first-order valence-corrected chi connectivity index (χ1v) is 8.16. The van der Waals surface area contributed by atoms with Crippen LogP contribution < -0.4 is 0 Å². The molecule has 0 atom stereocenters. The van der Waals surface area contributed by atoms with Crippen LogP contribution in [0.15, 0.2) is 4.36 Å². The zero-order valence-corrected chi connectivity index (χ0v) is 10.7. The first kappa shape index (κ1) is 11.0. The van der Waals surface area contributed by atoms with E-state index in [1.165, 1.54) is 0 Å². The Morgan fingerprint density at radius 2 is 1.75 bits per heavy atom. The molecular weight excluding hydrogens is 225 g/mol. The quantitative estimate of drug-likeness (QED) is 0.698. The predicted molar refractivity (Wildman–Crippen MR) is 63.7 cm³/mol. The summed E-state index contributed by atoms with van der Waals surface area (Å²) in [5.74, 6) is 1.51. The Morgan fingerprint density at radius 3 is 2.25 bits per heavy atom. The van der Waals surface area contributed by atoms with E-state index in [1.807, 2.05) is 0 Å². The molecule has 1 spiro atoms. The van der Waals surface area contributed by atoms with Gasteiger partial charge in [-0.15, -0.1) is 0 Å². The van der Waals surface area contributed by atoms with Crippen molar-refractivity contribution in [2.24, 2.45) is 9.78 Å². The third kappa shape index (κ3) is 2.01. The molecule has 3 rings (SSSR count). The molecule has 3 fully saturated rings. The van der Waals surface area contributed by atoms with Crippen molar-refractivity contribution in [3.05, 3.63) is 0 Å². The maximum Gasteiger partial charge on any atom is 0.108 e. The van der Waals surface area contributed by atoms with Gasteiger partial charge in [-0.3, -0.25) is 0 Å². The third-order valence-corrected chi connectivity index (χ3v) is 7.11. The highest BCUT2D eigenvalue weighted by atomic mass is 32.2. The topological polar surface area (TPSA) is 29.4 Å². The van der Waals surface area contributed by atoms with E-state index in [-0.39, 0.29) is 5.41 Å². The van der Waals surface area contributed by atoms with E-state index in [0.717, 1.165) is 37.2 Å². The molecule has 1 heterocycles. The van der Waals surface area contributed by atoms with E-state index in [9.17, 15) is 8.60 Å². The molecule has 2 nitrogen and oxygen atoms in total. The number of hydrogen-bond acceptors (Lipinski definition) is 2. The van der Waals surface area contributed by atoms with Gasteiger partial charge in [0.25, 0.3) is 0 Å². The summed E-state index contributed by atoms with van der Waals surface area (Å²) in [6.07, 6.45) is 5.38. The molecule has 3 aliphatic rings. The smallest absolute Gasteiger partial charge is 0.108 e. The Kier molecular flexibility index (Phi) is 2.21. The van der Waals surface area contributed by atoms with Gasteiger partial charge in [0, 0.05) is 21.2 Å². The summed E-state index contributed by atoms with van der Waals surface area (Å²) < 4.78 is 30.4. The fourth-order valence-electron chi connectivity index (χ4n) is 3.03. The van der Waals surface area contributed by atoms with Gasteiger partial charge in [0.1, 0.15) is 5.67 Å². The maximum absolute atomic E-state index is 13.7.